The van der Waals surface area contributed by atoms with Gasteiger partial charge in [-0.1, -0.05) is 6.42 Å². The Balaban J connectivity index is 2.02. The van der Waals surface area contributed by atoms with E-state index >= 15 is 0 Å². The van der Waals surface area contributed by atoms with Crippen LogP contribution in [0.5, 0.6) is 0 Å². The third kappa shape index (κ3) is 2.28. The molecule has 118 valence electrons. The molecule has 0 aliphatic carbocycles. The molecule has 0 unspecified atom stereocenters. The number of hydrogen-bond donors (Lipinski definition) is 0. The van der Waals surface area contributed by atoms with Gasteiger partial charge in [0.15, 0.2) is 5.82 Å². The van der Waals surface area contributed by atoms with Crippen LogP contribution in [-0.2, 0) is 13.0 Å². The lowest BCUT2D eigenvalue weighted by atomic mass is 10.2. The van der Waals surface area contributed by atoms with Crippen LogP contribution < -0.4 is 0 Å². The summed E-state index contributed by atoms with van der Waals surface area (Å²) in [4.78, 5) is 10.8. The van der Waals surface area contributed by atoms with E-state index in [4.69, 9.17) is 0 Å². The highest BCUT2D eigenvalue weighted by Crippen LogP contribution is 2.28. The quantitative estimate of drug-likeness (QED) is 0.641. The van der Waals surface area contributed by atoms with E-state index in [1.807, 2.05) is 6.92 Å². The first-order valence-electron chi connectivity index (χ1n) is 7.62. The van der Waals surface area contributed by atoms with Crippen molar-refractivity contribution in [2.75, 3.05) is 0 Å². The summed E-state index contributed by atoms with van der Waals surface area (Å²) >= 11 is 0. The maximum absolute atomic E-state index is 11.2. The number of nitrogens with zero attached hydrogens (tertiary/aromatic N) is 6. The van der Waals surface area contributed by atoms with Gasteiger partial charge in [-0.25, -0.2) is 0 Å². The third-order valence-electron chi connectivity index (χ3n) is 4.35. The number of aryl methyl sites for hydroxylation is 2. The minimum Gasteiger partial charge on any atom is -0.313 e. The van der Waals surface area contributed by atoms with Crippen molar-refractivity contribution in [1.82, 2.24) is 24.5 Å². The van der Waals surface area contributed by atoms with E-state index < -0.39 is 0 Å². The predicted octanol–water partition coefficient (Wildman–Crippen LogP) is 2.34. The van der Waals surface area contributed by atoms with E-state index in [9.17, 15) is 10.1 Å². The Labute approximate surface area is 128 Å². The second-order valence-corrected chi connectivity index (χ2v) is 5.83. The molecule has 0 radical (unpaired) electrons. The molecule has 8 nitrogen and oxygen atoms in total. The Hall–Kier alpha value is -2.25. The smallest absolute Gasteiger partial charge is 0.312 e. The molecular formula is C14H20N6O2. The van der Waals surface area contributed by atoms with Crippen molar-refractivity contribution in [3.8, 4) is 0 Å². The van der Waals surface area contributed by atoms with Gasteiger partial charge in [-0.05, 0) is 33.6 Å². The molecule has 0 aromatic carbocycles. The molecule has 22 heavy (non-hydrogen) atoms. The molecule has 0 bridgehead atoms. The molecule has 0 saturated heterocycles. The maximum Gasteiger partial charge on any atom is 0.312 e. The van der Waals surface area contributed by atoms with Gasteiger partial charge in [-0.2, -0.15) is 5.10 Å². The summed E-state index contributed by atoms with van der Waals surface area (Å²) in [6, 6.07) is -0.174. The SMILES string of the molecule is Cc1nn([C@H](C)c2nnc3n2CCCCC3)c(C)c1[N+](=O)[O-]. The average Bonchev–Trinajstić information content (AvgIpc) is 2.90. The van der Waals surface area contributed by atoms with Crippen LogP contribution in [0, 0.1) is 24.0 Å². The molecule has 3 heterocycles. The van der Waals surface area contributed by atoms with Gasteiger partial charge >= 0.3 is 5.69 Å². The molecule has 0 N–H and O–H groups in total. The van der Waals surface area contributed by atoms with Crippen molar-refractivity contribution in [3.05, 3.63) is 33.2 Å². The zero-order chi connectivity index (χ0) is 15.9. The van der Waals surface area contributed by atoms with Gasteiger partial charge < -0.3 is 4.57 Å². The normalized spacial score (nSPS) is 16.1. The summed E-state index contributed by atoms with van der Waals surface area (Å²) in [6.07, 6.45) is 4.39. The van der Waals surface area contributed by atoms with Crippen molar-refractivity contribution >= 4 is 5.69 Å². The fourth-order valence-electron chi connectivity index (χ4n) is 3.22. The lowest BCUT2D eigenvalue weighted by molar-refractivity contribution is -0.386. The van der Waals surface area contributed by atoms with Gasteiger partial charge in [0.25, 0.3) is 0 Å². The maximum atomic E-state index is 11.2. The molecule has 0 spiro atoms. The van der Waals surface area contributed by atoms with Crippen molar-refractivity contribution < 1.29 is 4.92 Å². The first-order valence-corrected chi connectivity index (χ1v) is 7.62. The summed E-state index contributed by atoms with van der Waals surface area (Å²) in [7, 11) is 0. The molecule has 0 fully saturated rings. The topological polar surface area (TPSA) is 91.7 Å². The van der Waals surface area contributed by atoms with Crippen molar-refractivity contribution in [1.29, 1.82) is 0 Å². The highest BCUT2D eigenvalue weighted by atomic mass is 16.6. The second kappa shape index (κ2) is 5.51. The van der Waals surface area contributed by atoms with Crippen LogP contribution >= 0.6 is 0 Å². The molecule has 1 aliphatic rings. The fraction of sp³-hybridized carbons (Fsp3) is 0.643. The van der Waals surface area contributed by atoms with Crippen LogP contribution in [0.3, 0.4) is 0 Å². The van der Waals surface area contributed by atoms with Crippen molar-refractivity contribution in [2.45, 2.75) is 59.0 Å². The molecule has 0 amide bonds. The van der Waals surface area contributed by atoms with Crippen LogP contribution in [0.4, 0.5) is 5.69 Å². The zero-order valence-corrected chi connectivity index (χ0v) is 13.1. The minimum atomic E-state index is -0.370. The number of nitro groups is 1. The number of hydrogen-bond acceptors (Lipinski definition) is 5. The average molecular weight is 304 g/mol. The van der Waals surface area contributed by atoms with E-state index in [2.05, 4.69) is 19.9 Å². The lowest BCUT2D eigenvalue weighted by Gasteiger charge is -2.15. The molecule has 2 aromatic rings. The number of fused-ring (bicyclic) bond motifs is 1. The second-order valence-electron chi connectivity index (χ2n) is 5.83. The Morgan fingerprint density at radius 1 is 1.23 bits per heavy atom. The van der Waals surface area contributed by atoms with Gasteiger partial charge in [0, 0.05) is 13.0 Å². The zero-order valence-electron chi connectivity index (χ0n) is 13.1. The Kier molecular flexibility index (Phi) is 3.67. The predicted molar refractivity (Wildman–Crippen MR) is 79.7 cm³/mol. The molecule has 1 aliphatic heterocycles. The highest BCUT2D eigenvalue weighted by Gasteiger charge is 2.27. The summed E-state index contributed by atoms with van der Waals surface area (Å²) in [6.45, 7) is 6.27. The molecule has 2 aromatic heterocycles. The van der Waals surface area contributed by atoms with Gasteiger partial charge in [-0.15, -0.1) is 10.2 Å². The van der Waals surface area contributed by atoms with E-state index in [0.29, 0.717) is 11.4 Å². The van der Waals surface area contributed by atoms with Crippen LogP contribution in [0.15, 0.2) is 0 Å². The Morgan fingerprint density at radius 2 is 2.00 bits per heavy atom. The van der Waals surface area contributed by atoms with Crippen LogP contribution in [0.1, 0.15) is 55.3 Å². The molecular weight excluding hydrogens is 284 g/mol. The van der Waals surface area contributed by atoms with E-state index in [-0.39, 0.29) is 16.7 Å². The third-order valence-corrected chi connectivity index (χ3v) is 4.35. The van der Waals surface area contributed by atoms with Gasteiger partial charge in [0.2, 0.25) is 0 Å². The van der Waals surface area contributed by atoms with Crippen molar-refractivity contribution in [3.63, 3.8) is 0 Å². The largest absolute Gasteiger partial charge is 0.313 e. The summed E-state index contributed by atoms with van der Waals surface area (Å²) < 4.78 is 3.84. The van der Waals surface area contributed by atoms with Gasteiger partial charge in [0.1, 0.15) is 23.3 Å². The summed E-state index contributed by atoms with van der Waals surface area (Å²) in [5.41, 5.74) is 1.08. The molecule has 0 saturated carbocycles. The number of rotatable bonds is 3. The van der Waals surface area contributed by atoms with E-state index in [1.165, 1.54) is 6.42 Å². The fourth-order valence-corrected chi connectivity index (χ4v) is 3.22. The minimum absolute atomic E-state index is 0.0856. The summed E-state index contributed by atoms with van der Waals surface area (Å²) in [5, 5.41) is 24.1. The Bertz CT molecular complexity index is 717. The van der Waals surface area contributed by atoms with E-state index in [0.717, 1.165) is 37.5 Å². The van der Waals surface area contributed by atoms with Crippen LogP contribution in [-0.4, -0.2) is 29.5 Å². The monoisotopic (exact) mass is 304 g/mol. The van der Waals surface area contributed by atoms with E-state index in [1.54, 1.807) is 18.5 Å². The van der Waals surface area contributed by atoms with Gasteiger partial charge in [0.05, 0.1) is 4.92 Å². The number of aromatic nitrogens is 5. The first kappa shape index (κ1) is 14.7. The van der Waals surface area contributed by atoms with Crippen LogP contribution in [0.2, 0.25) is 0 Å². The standard InChI is InChI=1S/C14H20N6O2/c1-9-13(20(21)22)10(2)19(17-9)11(3)14-16-15-12-7-5-4-6-8-18(12)14/h11H,4-8H2,1-3H3/t11-/m1/s1. The lowest BCUT2D eigenvalue weighted by Crippen LogP contribution is -2.17. The van der Waals surface area contributed by atoms with Gasteiger partial charge in [-0.3, -0.25) is 14.8 Å². The highest BCUT2D eigenvalue weighted by molar-refractivity contribution is 5.40. The Morgan fingerprint density at radius 3 is 2.68 bits per heavy atom. The molecule has 8 heteroatoms. The summed E-state index contributed by atoms with van der Waals surface area (Å²) in [5.74, 6) is 1.84. The van der Waals surface area contributed by atoms with Crippen LogP contribution in [0.25, 0.3) is 0 Å². The molecule has 3 rings (SSSR count). The first-order chi connectivity index (χ1) is 10.5. The van der Waals surface area contributed by atoms with Crippen molar-refractivity contribution in [2.24, 2.45) is 0 Å². The molecule has 1 atom stereocenters.